The maximum Gasteiger partial charge on any atom is 0.153 e. The van der Waals surface area contributed by atoms with Crippen molar-refractivity contribution in [2.24, 2.45) is 0 Å². The van der Waals surface area contributed by atoms with Crippen LogP contribution < -0.4 is 0 Å². The van der Waals surface area contributed by atoms with Gasteiger partial charge in [0.05, 0.1) is 11.8 Å². The van der Waals surface area contributed by atoms with E-state index in [9.17, 15) is 4.79 Å². The Kier molecular flexibility index (Phi) is 2.19. The van der Waals surface area contributed by atoms with Crippen LogP contribution in [0.5, 0.6) is 0 Å². The topological polar surface area (TPSA) is 30.2 Å². The molecule has 0 amide bonds. The van der Waals surface area contributed by atoms with Crippen LogP contribution in [0.25, 0.3) is 11.1 Å². The molecule has 2 rings (SSSR count). The quantitative estimate of drug-likeness (QED) is 0.674. The second-order valence-electron chi connectivity index (χ2n) is 3.17. The second kappa shape index (κ2) is 3.50. The van der Waals surface area contributed by atoms with Crippen LogP contribution in [0.4, 0.5) is 0 Å². The van der Waals surface area contributed by atoms with Crippen molar-refractivity contribution in [1.29, 1.82) is 0 Å². The van der Waals surface area contributed by atoms with Gasteiger partial charge in [0.15, 0.2) is 6.29 Å². The molecule has 0 atom stereocenters. The van der Waals surface area contributed by atoms with Gasteiger partial charge in [-0.3, -0.25) is 4.79 Å². The predicted molar refractivity (Wildman–Crippen MR) is 54.3 cm³/mol. The largest absolute Gasteiger partial charge is 0.471 e. The Labute approximate surface area is 82.2 Å². The molecule has 0 aliphatic rings. The summed E-state index contributed by atoms with van der Waals surface area (Å²) in [6.07, 6.45) is 3.88. The van der Waals surface area contributed by atoms with Gasteiger partial charge in [-0.25, -0.2) is 0 Å². The molecule has 0 radical (unpaired) electrons. The first-order valence-electron chi connectivity index (χ1n) is 4.40. The average molecular weight is 186 g/mol. The number of carbonyl (C=O) groups excluding carboxylic acids is 1. The van der Waals surface area contributed by atoms with E-state index in [0.717, 1.165) is 23.0 Å². The molecule has 0 aliphatic carbocycles. The molecule has 0 fully saturated rings. The van der Waals surface area contributed by atoms with Crippen molar-refractivity contribution < 1.29 is 9.21 Å². The van der Waals surface area contributed by atoms with E-state index in [-0.39, 0.29) is 0 Å². The van der Waals surface area contributed by atoms with Gasteiger partial charge in [-0.15, -0.1) is 0 Å². The summed E-state index contributed by atoms with van der Waals surface area (Å²) in [5.41, 5.74) is 3.64. The van der Waals surface area contributed by atoms with Crippen molar-refractivity contribution in [3.8, 4) is 11.1 Å². The van der Waals surface area contributed by atoms with E-state index in [1.54, 1.807) is 6.26 Å². The monoisotopic (exact) mass is 186 g/mol. The van der Waals surface area contributed by atoms with Crippen LogP contribution >= 0.6 is 0 Å². The van der Waals surface area contributed by atoms with Crippen LogP contribution in [-0.4, -0.2) is 6.29 Å². The highest BCUT2D eigenvalue weighted by molar-refractivity contribution is 5.87. The van der Waals surface area contributed by atoms with Crippen molar-refractivity contribution in [3.05, 3.63) is 47.9 Å². The number of rotatable bonds is 2. The number of carbonyl (C=O) groups is 1. The number of aryl methyl sites for hydroxylation is 1. The third-order valence-electron chi connectivity index (χ3n) is 2.25. The summed E-state index contributed by atoms with van der Waals surface area (Å²) in [4.78, 5) is 10.7. The van der Waals surface area contributed by atoms with Gasteiger partial charge in [-0.05, 0) is 18.1 Å². The van der Waals surface area contributed by atoms with Crippen molar-refractivity contribution >= 4 is 6.29 Å². The van der Waals surface area contributed by atoms with E-state index in [0.29, 0.717) is 5.56 Å². The Bertz CT molecular complexity index is 455. The van der Waals surface area contributed by atoms with Gasteiger partial charge in [-0.2, -0.15) is 0 Å². The minimum absolute atomic E-state index is 0.597. The lowest BCUT2D eigenvalue weighted by molar-refractivity contribution is 0.112. The normalized spacial score (nSPS) is 10.1. The van der Waals surface area contributed by atoms with Crippen molar-refractivity contribution in [2.45, 2.75) is 6.92 Å². The summed E-state index contributed by atoms with van der Waals surface area (Å²) < 4.78 is 5.01. The van der Waals surface area contributed by atoms with E-state index in [2.05, 4.69) is 0 Å². The van der Waals surface area contributed by atoms with Gasteiger partial charge in [0.1, 0.15) is 6.26 Å². The van der Waals surface area contributed by atoms with E-state index >= 15 is 0 Å². The molecule has 0 saturated heterocycles. The second-order valence-corrected chi connectivity index (χ2v) is 3.17. The molecule has 70 valence electrons. The van der Waals surface area contributed by atoms with Gasteiger partial charge in [-0.1, -0.05) is 24.3 Å². The first-order valence-corrected chi connectivity index (χ1v) is 4.40. The Morgan fingerprint density at radius 1 is 1.14 bits per heavy atom. The Morgan fingerprint density at radius 3 is 2.64 bits per heavy atom. The molecule has 2 nitrogen and oxygen atoms in total. The van der Waals surface area contributed by atoms with Crippen LogP contribution in [0.15, 0.2) is 41.2 Å². The molecule has 0 bridgehead atoms. The highest BCUT2D eigenvalue weighted by atomic mass is 16.3. The van der Waals surface area contributed by atoms with Crippen molar-refractivity contribution in [3.63, 3.8) is 0 Å². The van der Waals surface area contributed by atoms with Gasteiger partial charge in [0.2, 0.25) is 0 Å². The molecule has 0 spiro atoms. The summed E-state index contributed by atoms with van der Waals surface area (Å²) in [5, 5.41) is 0. The van der Waals surface area contributed by atoms with Crippen molar-refractivity contribution in [2.75, 3.05) is 0 Å². The Hall–Kier alpha value is -1.83. The smallest absolute Gasteiger partial charge is 0.153 e. The van der Waals surface area contributed by atoms with Gasteiger partial charge in [0, 0.05) is 5.56 Å². The molecule has 14 heavy (non-hydrogen) atoms. The zero-order valence-electron chi connectivity index (χ0n) is 7.86. The minimum Gasteiger partial charge on any atom is -0.471 e. The lowest BCUT2D eigenvalue weighted by Gasteiger charge is -2.02. The molecule has 2 heteroatoms. The van der Waals surface area contributed by atoms with Crippen LogP contribution in [0.1, 0.15) is 15.9 Å². The zero-order chi connectivity index (χ0) is 9.97. The fourth-order valence-corrected chi connectivity index (χ4v) is 1.49. The molecule has 1 aromatic heterocycles. The first kappa shape index (κ1) is 8.75. The van der Waals surface area contributed by atoms with Gasteiger partial charge >= 0.3 is 0 Å². The van der Waals surface area contributed by atoms with Crippen LogP contribution in [0, 0.1) is 6.92 Å². The van der Waals surface area contributed by atoms with E-state index in [1.165, 1.54) is 6.26 Å². The molecule has 2 aromatic rings. The predicted octanol–water partition coefficient (Wildman–Crippen LogP) is 3.07. The summed E-state index contributed by atoms with van der Waals surface area (Å²) in [5.74, 6) is 0. The fourth-order valence-electron chi connectivity index (χ4n) is 1.49. The summed E-state index contributed by atoms with van der Waals surface area (Å²) in [7, 11) is 0. The highest BCUT2D eigenvalue weighted by Gasteiger charge is 2.08. The third kappa shape index (κ3) is 1.35. The first-order chi connectivity index (χ1) is 6.83. The minimum atomic E-state index is 0.597. The number of hydrogen-bond acceptors (Lipinski definition) is 2. The number of aldehydes is 1. The maximum atomic E-state index is 10.7. The third-order valence-corrected chi connectivity index (χ3v) is 2.25. The number of hydrogen-bond donors (Lipinski definition) is 0. The Balaban J connectivity index is 2.60. The fraction of sp³-hybridized carbons (Fsp3) is 0.0833. The maximum absolute atomic E-state index is 10.7. The molecular formula is C12H10O2. The van der Waals surface area contributed by atoms with Gasteiger partial charge < -0.3 is 4.42 Å². The summed E-state index contributed by atoms with van der Waals surface area (Å²) in [6, 6.07) is 7.91. The Morgan fingerprint density at radius 2 is 1.93 bits per heavy atom. The van der Waals surface area contributed by atoms with Crippen LogP contribution in [0.3, 0.4) is 0 Å². The zero-order valence-corrected chi connectivity index (χ0v) is 7.86. The molecule has 0 N–H and O–H groups in total. The van der Waals surface area contributed by atoms with E-state index in [1.807, 2.05) is 31.2 Å². The van der Waals surface area contributed by atoms with E-state index < -0.39 is 0 Å². The number of benzene rings is 1. The highest BCUT2D eigenvalue weighted by Crippen LogP contribution is 2.26. The average Bonchev–Trinajstić information content (AvgIpc) is 2.66. The van der Waals surface area contributed by atoms with Gasteiger partial charge in [0.25, 0.3) is 0 Å². The summed E-state index contributed by atoms with van der Waals surface area (Å²) in [6.45, 7) is 2.01. The lowest BCUT2D eigenvalue weighted by atomic mass is 10.0. The molecule has 1 heterocycles. The molecule has 0 aliphatic heterocycles. The SMILES string of the molecule is Cc1ccccc1-c1cocc1C=O. The summed E-state index contributed by atoms with van der Waals surface area (Å²) >= 11 is 0. The van der Waals surface area contributed by atoms with Crippen molar-refractivity contribution in [1.82, 2.24) is 0 Å². The van der Waals surface area contributed by atoms with Crippen LogP contribution in [-0.2, 0) is 0 Å². The molecular weight excluding hydrogens is 176 g/mol. The molecule has 0 saturated carbocycles. The van der Waals surface area contributed by atoms with Crippen LogP contribution in [0.2, 0.25) is 0 Å². The molecule has 0 unspecified atom stereocenters. The standard InChI is InChI=1S/C12H10O2/c1-9-4-2-3-5-11(9)12-8-14-7-10(12)6-13/h2-8H,1H3. The number of furan rings is 1. The molecule has 1 aromatic carbocycles. The lowest BCUT2D eigenvalue weighted by Crippen LogP contribution is -1.84. The van der Waals surface area contributed by atoms with E-state index in [4.69, 9.17) is 4.42 Å².